The van der Waals surface area contributed by atoms with Crippen molar-refractivity contribution in [2.24, 2.45) is 0 Å². The van der Waals surface area contributed by atoms with Gasteiger partial charge in [0.05, 0.1) is 0 Å². The molecular weight excluding hydrogens is 270 g/mol. The molecule has 1 fully saturated rings. The van der Waals surface area contributed by atoms with E-state index in [0.717, 1.165) is 5.69 Å². The van der Waals surface area contributed by atoms with Crippen LogP contribution in [0.3, 0.4) is 0 Å². The van der Waals surface area contributed by atoms with Crippen LogP contribution in [0.15, 0.2) is 6.07 Å². The Hall–Kier alpha value is -1.31. The van der Waals surface area contributed by atoms with Gasteiger partial charge in [-0.05, 0) is 66.7 Å². The van der Waals surface area contributed by atoms with E-state index < -0.39 is 0 Å². The van der Waals surface area contributed by atoms with E-state index in [0.29, 0.717) is 11.3 Å². The van der Waals surface area contributed by atoms with Gasteiger partial charge in [-0.3, -0.25) is 4.79 Å². The summed E-state index contributed by atoms with van der Waals surface area (Å²) in [4.78, 5) is 11.7. The molecule has 1 aromatic carbocycles. The number of hydrogen-bond donors (Lipinski definition) is 1. The molecule has 2 nitrogen and oxygen atoms in total. The first-order chi connectivity index (χ1) is 10.4. The first-order valence-electron chi connectivity index (χ1n) is 8.87. The summed E-state index contributed by atoms with van der Waals surface area (Å²) in [5.74, 6) is 0.596. The van der Waals surface area contributed by atoms with E-state index >= 15 is 0 Å². The Morgan fingerprint density at radius 2 is 1.82 bits per heavy atom. The number of carbonyl (C=O) groups excluding carboxylic acids is 1. The van der Waals surface area contributed by atoms with Gasteiger partial charge in [-0.15, -0.1) is 0 Å². The van der Waals surface area contributed by atoms with Gasteiger partial charge in [0.1, 0.15) is 0 Å². The Morgan fingerprint density at radius 3 is 2.41 bits per heavy atom. The minimum absolute atomic E-state index is 0.0462. The molecule has 0 saturated heterocycles. The summed E-state index contributed by atoms with van der Waals surface area (Å²) in [6.07, 6.45) is 9.39. The topological polar surface area (TPSA) is 29.1 Å². The zero-order valence-electron chi connectivity index (χ0n) is 14.5. The number of aryl methyl sites for hydroxylation is 1. The zero-order chi connectivity index (χ0) is 15.9. The number of carbonyl (C=O) groups is 1. The van der Waals surface area contributed by atoms with E-state index in [4.69, 9.17) is 0 Å². The van der Waals surface area contributed by atoms with Gasteiger partial charge in [0, 0.05) is 12.6 Å². The lowest BCUT2D eigenvalue weighted by Gasteiger charge is -2.30. The summed E-state index contributed by atoms with van der Waals surface area (Å²) in [6.45, 7) is 8.30. The second-order valence-corrected chi connectivity index (χ2v) is 7.64. The largest absolute Gasteiger partial charge is 0.326 e. The van der Waals surface area contributed by atoms with Crippen molar-refractivity contribution in [2.45, 2.75) is 84.0 Å². The molecule has 120 valence electrons. The highest BCUT2D eigenvalue weighted by Gasteiger charge is 2.43. The average molecular weight is 299 g/mol. The van der Waals surface area contributed by atoms with Gasteiger partial charge in [0.15, 0.2) is 0 Å². The molecule has 1 spiro atoms. The number of fused-ring (bicyclic) bond motifs is 2. The predicted molar refractivity (Wildman–Crippen MR) is 92.6 cm³/mol. The summed E-state index contributed by atoms with van der Waals surface area (Å²) in [6, 6.07) is 2.44. The van der Waals surface area contributed by atoms with E-state index in [-0.39, 0.29) is 5.91 Å². The van der Waals surface area contributed by atoms with Crippen molar-refractivity contribution < 1.29 is 4.79 Å². The SMILES string of the molecule is CC(=O)Nc1c(C)c(C)cc2c1C(C)CC21CCCCCC1. The van der Waals surface area contributed by atoms with Crippen LogP contribution in [0.5, 0.6) is 0 Å². The predicted octanol–water partition coefficient (Wildman–Crippen LogP) is 5.36. The van der Waals surface area contributed by atoms with Crippen molar-refractivity contribution in [2.75, 3.05) is 5.32 Å². The van der Waals surface area contributed by atoms with E-state index in [9.17, 15) is 4.79 Å². The molecule has 1 saturated carbocycles. The molecule has 1 N–H and O–H groups in total. The number of rotatable bonds is 1. The molecule has 22 heavy (non-hydrogen) atoms. The van der Waals surface area contributed by atoms with Crippen LogP contribution in [-0.2, 0) is 10.2 Å². The average Bonchev–Trinajstić information content (AvgIpc) is 2.62. The highest BCUT2D eigenvalue weighted by atomic mass is 16.1. The lowest BCUT2D eigenvalue weighted by atomic mass is 9.74. The van der Waals surface area contributed by atoms with Gasteiger partial charge in [0.2, 0.25) is 5.91 Å². The first kappa shape index (κ1) is 15.6. The van der Waals surface area contributed by atoms with Gasteiger partial charge in [-0.1, -0.05) is 38.7 Å². The van der Waals surface area contributed by atoms with Crippen LogP contribution in [-0.4, -0.2) is 5.91 Å². The summed E-state index contributed by atoms with van der Waals surface area (Å²) in [5.41, 5.74) is 7.02. The van der Waals surface area contributed by atoms with Gasteiger partial charge in [-0.25, -0.2) is 0 Å². The molecule has 0 aromatic heterocycles. The summed E-state index contributed by atoms with van der Waals surface area (Å²) < 4.78 is 0. The molecule has 3 rings (SSSR count). The minimum Gasteiger partial charge on any atom is -0.326 e. The van der Waals surface area contributed by atoms with Crippen molar-refractivity contribution in [1.29, 1.82) is 0 Å². The molecule has 0 radical (unpaired) electrons. The highest BCUT2D eigenvalue weighted by Crippen LogP contribution is 2.55. The number of nitrogens with one attached hydrogen (secondary N) is 1. The van der Waals surface area contributed by atoms with Gasteiger partial charge >= 0.3 is 0 Å². The molecule has 0 aliphatic heterocycles. The maximum Gasteiger partial charge on any atom is 0.221 e. The third kappa shape index (κ3) is 2.47. The lowest BCUT2D eigenvalue weighted by molar-refractivity contribution is -0.114. The Labute approximate surface area is 134 Å². The third-order valence-corrected chi connectivity index (χ3v) is 6.01. The number of anilines is 1. The van der Waals surface area contributed by atoms with Crippen molar-refractivity contribution in [3.8, 4) is 0 Å². The third-order valence-electron chi connectivity index (χ3n) is 6.01. The van der Waals surface area contributed by atoms with Gasteiger partial charge in [-0.2, -0.15) is 0 Å². The van der Waals surface area contributed by atoms with E-state index in [2.05, 4.69) is 32.2 Å². The minimum atomic E-state index is 0.0462. The molecule has 0 bridgehead atoms. The van der Waals surface area contributed by atoms with Crippen LogP contribution >= 0.6 is 0 Å². The molecule has 1 unspecified atom stereocenters. The molecule has 2 aliphatic rings. The monoisotopic (exact) mass is 299 g/mol. The molecule has 1 amide bonds. The van der Waals surface area contributed by atoms with Crippen LogP contribution in [0, 0.1) is 13.8 Å². The van der Waals surface area contributed by atoms with E-state index in [1.807, 2.05) is 0 Å². The van der Waals surface area contributed by atoms with Crippen molar-refractivity contribution in [1.82, 2.24) is 0 Å². The molecule has 2 aliphatic carbocycles. The molecule has 1 aromatic rings. The zero-order valence-corrected chi connectivity index (χ0v) is 14.5. The van der Waals surface area contributed by atoms with Crippen LogP contribution in [0.25, 0.3) is 0 Å². The molecule has 0 heterocycles. The highest BCUT2D eigenvalue weighted by molar-refractivity contribution is 5.91. The lowest BCUT2D eigenvalue weighted by Crippen LogP contribution is -2.22. The Kier molecular flexibility index (Phi) is 4.05. The maximum absolute atomic E-state index is 11.7. The quantitative estimate of drug-likeness (QED) is 0.743. The number of hydrogen-bond acceptors (Lipinski definition) is 1. The van der Waals surface area contributed by atoms with E-state index in [1.54, 1.807) is 12.5 Å². The van der Waals surface area contributed by atoms with E-state index in [1.165, 1.54) is 61.6 Å². The maximum atomic E-state index is 11.7. The van der Waals surface area contributed by atoms with Crippen molar-refractivity contribution >= 4 is 11.6 Å². The smallest absolute Gasteiger partial charge is 0.221 e. The van der Waals surface area contributed by atoms with Gasteiger partial charge in [0.25, 0.3) is 0 Å². The second-order valence-electron chi connectivity index (χ2n) is 7.64. The fourth-order valence-corrected chi connectivity index (χ4v) is 4.90. The fourth-order valence-electron chi connectivity index (χ4n) is 4.90. The summed E-state index contributed by atoms with van der Waals surface area (Å²) >= 11 is 0. The summed E-state index contributed by atoms with van der Waals surface area (Å²) in [5, 5.41) is 3.14. The van der Waals surface area contributed by atoms with Crippen LogP contribution in [0.1, 0.15) is 87.0 Å². The number of benzene rings is 1. The normalized spacial score (nSPS) is 23.2. The summed E-state index contributed by atoms with van der Waals surface area (Å²) in [7, 11) is 0. The Morgan fingerprint density at radius 1 is 1.18 bits per heavy atom. The Bertz CT molecular complexity index is 594. The van der Waals surface area contributed by atoms with Crippen LogP contribution in [0.4, 0.5) is 5.69 Å². The van der Waals surface area contributed by atoms with Crippen molar-refractivity contribution in [3.63, 3.8) is 0 Å². The molecule has 2 heteroatoms. The Balaban J connectivity index is 2.16. The molecule has 1 atom stereocenters. The standard InChI is InChI=1S/C20H29NO/c1-13-11-17-18(19(15(13)3)21-16(4)22)14(2)12-20(17)9-7-5-6-8-10-20/h11,14H,5-10,12H2,1-4H3,(H,21,22). The first-order valence-corrected chi connectivity index (χ1v) is 8.87. The van der Waals surface area contributed by atoms with Gasteiger partial charge < -0.3 is 5.32 Å². The fraction of sp³-hybridized carbons (Fsp3) is 0.650. The molecular formula is C20H29NO. The van der Waals surface area contributed by atoms with Crippen molar-refractivity contribution in [3.05, 3.63) is 28.3 Å². The second kappa shape index (κ2) is 5.72. The van der Waals surface area contributed by atoms with Crippen LogP contribution in [0.2, 0.25) is 0 Å². The van der Waals surface area contributed by atoms with Crippen LogP contribution < -0.4 is 5.32 Å². The number of amides is 1.